The van der Waals surface area contributed by atoms with Crippen molar-refractivity contribution in [2.24, 2.45) is 11.8 Å². The molecule has 0 radical (unpaired) electrons. The lowest BCUT2D eigenvalue weighted by molar-refractivity contribution is 0.0800. The number of hydrogen-bond donors (Lipinski definition) is 0. The number of halogens is 2. The summed E-state index contributed by atoms with van der Waals surface area (Å²) in [6, 6.07) is 8.26. The van der Waals surface area contributed by atoms with Crippen molar-refractivity contribution < 1.29 is 4.74 Å². The summed E-state index contributed by atoms with van der Waals surface area (Å²) in [5.74, 6) is 1.25. The molecular formula is C13H18Br2O. The normalized spacial score (nSPS) is 13.1. The van der Waals surface area contributed by atoms with E-state index < -0.39 is 0 Å². The second-order valence-electron chi connectivity index (χ2n) is 4.30. The highest BCUT2D eigenvalue weighted by Gasteiger charge is 2.11. The van der Waals surface area contributed by atoms with E-state index >= 15 is 0 Å². The van der Waals surface area contributed by atoms with Crippen LogP contribution in [-0.4, -0.2) is 11.9 Å². The predicted octanol–water partition coefficient (Wildman–Crippen LogP) is 4.63. The van der Waals surface area contributed by atoms with Crippen LogP contribution in [0.3, 0.4) is 0 Å². The van der Waals surface area contributed by atoms with Crippen LogP contribution in [-0.2, 0) is 11.3 Å². The Morgan fingerprint density at radius 2 is 1.81 bits per heavy atom. The third-order valence-corrected chi connectivity index (χ3v) is 4.02. The summed E-state index contributed by atoms with van der Waals surface area (Å²) in [4.78, 5) is 0. The fourth-order valence-electron chi connectivity index (χ4n) is 1.32. The minimum Gasteiger partial charge on any atom is -0.376 e. The molecule has 0 aliphatic rings. The van der Waals surface area contributed by atoms with Crippen LogP contribution in [0.25, 0.3) is 0 Å². The van der Waals surface area contributed by atoms with Gasteiger partial charge in [-0.25, -0.2) is 0 Å². The van der Waals surface area contributed by atoms with Crippen molar-refractivity contribution in [2.75, 3.05) is 11.9 Å². The molecule has 3 heteroatoms. The van der Waals surface area contributed by atoms with Crippen molar-refractivity contribution in [1.82, 2.24) is 0 Å². The quantitative estimate of drug-likeness (QED) is 0.680. The van der Waals surface area contributed by atoms with E-state index in [0.717, 1.165) is 16.4 Å². The van der Waals surface area contributed by atoms with Gasteiger partial charge in [0, 0.05) is 9.80 Å². The first-order chi connectivity index (χ1) is 7.63. The Balaban J connectivity index is 2.32. The molecule has 0 bridgehead atoms. The molecule has 1 atom stereocenters. The Morgan fingerprint density at radius 3 is 2.31 bits per heavy atom. The van der Waals surface area contributed by atoms with E-state index in [4.69, 9.17) is 4.74 Å². The van der Waals surface area contributed by atoms with Crippen molar-refractivity contribution >= 4 is 31.9 Å². The lowest BCUT2D eigenvalue weighted by Crippen LogP contribution is -2.17. The number of rotatable bonds is 6. The zero-order valence-corrected chi connectivity index (χ0v) is 12.9. The van der Waals surface area contributed by atoms with E-state index in [2.05, 4.69) is 57.8 Å². The fraction of sp³-hybridized carbons (Fsp3) is 0.538. The van der Waals surface area contributed by atoms with Gasteiger partial charge >= 0.3 is 0 Å². The average Bonchev–Trinajstić information content (AvgIpc) is 2.26. The van der Waals surface area contributed by atoms with Crippen LogP contribution in [0.2, 0.25) is 0 Å². The number of hydrogen-bond acceptors (Lipinski definition) is 1. The summed E-state index contributed by atoms with van der Waals surface area (Å²) < 4.78 is 6.84. The van der Waals surface area contributed by atoms with E-state index in [1.807, 2.05) is 12.1 Å². The van der Waals surface area contributed by atoms with Gasteiger partial charge in [0.2, 0.25) is 0 Å². The Labute approximate surface area is 115 Å². The van der Waals surface area contributed by atoms with Gasteiger partial charge in [-0.1, -0.05) is 57.8 Å². The van der Waals surface area contributed by atoms with Crippen LogP contribution < -0.4 is 0 Å². The topological polar surface area (TPSA) is 9.23 Å². The molecule has 0 aliphatic heterocycles. The highest BCUT2D eigenvalue weighted by molar-refractivity contribution is 9.10. The largest absolute Gasteiger partial charge is 0.376 e. The van der Waals surface area contributed by atoms with Gasteiger partial charge in [0.15, 0.2) is 0 Å². The highest BCUT2D eigenvalue weighted by Crippen LogP contribution is 2.16. The van der Waals surface area contributed by atoms with E-state index in [9.17, 15) is 0 Å². The molecule has 0 fully saturated rings. The SMILES string of the molecule is CC(C)C(CBr)COCc1ccc(Br)cc1. The molecule has 0 spiro atoms. The Bertz CT molecular complexity index is 295. The summed E-state index contributed by atoms with van der Waals surface area (Å²) >= 11 is 6.95. The van der Waals surface area contributed by atoms with Crippen molar-refractivity contribution in [2.45, 2.75) is 20.5 Å². The van der Waals surface area contributed by atoms with E-state index in [1.165, 1.54) is 5.56 Å². The second kappa shape index (κ2) is 7.46. The zero-order chi connectivity index (χ0) is 12.0. The highest BCUT2D eigenvalue weighted by atomic mass is 79.9. The number of benzene rings is 1. The van der Waals surface area contributed by atoms with Gasteiger partial charge in [-0.2, -0.15) is 0 Å². The minimum atomic E-state index is 0.593. The summed E-state index contributed by atoms with van der Waals surface area (Å²) in [5.41, 5.74) is 1.22. The molecule has 1 aromatic rings. The maximum atomic E-state index is 5.73. The molecule has 1 aromatic carbocycles. The summed E-state index contributed by atoms with van der Waals surface area (Å²) in [6.07, 6.45) is 0. The molecule has 1 nitrogen and oxygen atoms in total. The molecule has 0 heterocycles. The zero-order valence-electron chi connectivity index (χ0n) is 9.75. The first-order valence-corrected chi connectivity index (χ1v) is 7.43. The molecule has 0 saturated carbocycles. The summed E-state index contributed by atoms with van der Waals surface area (Å²) in [7, 11) is 0. The summed E-state index contributed by atoms with van der Waals surface area (Å²) in [5, 5.41) is 1.00. The van der Waals surface area contributed by atoms with Crippen LogP contribution in [0.5, 0.6) is 0 Å². The van der Waals surface area contributed by atoms with Gasteiger partial charge in [0.25, 0.3) is 0 Å². The molecule has 0 amide bonds. The van der Waals surface area contributed by atoms with Gasteiger partial charge in [-0.05, 0) is 29.5 Å². The maximum Gasteiger partial charge on any atom is 0.0717 e. The molecule has 0 aromatic heterocycles. The fourth-order valence-corrected chi connectivity index (χ4v) is 2.52. The average molecular weight is 350 g/mol. The van der Waals surface area contributed by atoms with E-state index in [-0.39, 0.29) is 0 Å². The number of alkyl halides is 1. The van der Waals surface area contributed by atoms with Crippen molar-refractivity contribution in [3.63, 3.8) is 0 Å². The molecule has 0 aliphatic carbocycles. The lowest BCUT2D eigenvalue weighted by atomic mass is 9.99. The molecule has 1 rings (SSSR count). The third-order valence-electron chi connectivity index (χ3n) is 2.65. The Kier molecular flexibility index (Phi) is 6.62. The van der Waals surface area contributed by atoms with Crippen LogP contribution in [0.4, 0.5) is 0 Å². The second-order valence-corrected chi connectivity index (χ2v) is 5.86. The van der Waals surface area contributed by atoms with Gasteiger partial charge in [0.05, 0.1) is 13.2 Å². The maximum absolute atomic E-state index is 5.73. The van der Waals surface area contributed by atoms with Crippen LogP contribution in [0.1, 0.15) is 19.4 Å². The Morgan fingerprint density at radius 1 is 1.19 bits per heavy atom. The Hall–Kier alpha value is 0.140. The van der Waals surface area contributed by atoms with Gasteiger partial charge < -0.3 is 4.74 Å². The van der Waals surface area contributed by atoms with Crippen molar-refractivity contribution in [3.8, 4) is 0 Å². The van der Waals surface area contributed by atoms with Crippen LogP contribution in [0.15, 0.2) is 28.7 Å². The molecular weight excluding hydrogens is 332 g/mol. The molecule has 0 N–H and O–H groups in total. The predicted molar refractivity (Wildman–Crippen MR) is 75.9 cm³/mol. The van der Waals surface area contributed by atoms with Gasteiger partial charge in [-0.3, -0.25) is 0 Å². The summed E-state index contributed by atoms with van der Waals surface area (Å²) in [6.45, 7) is 5.98. The minimum absolute atomic E-state index is 0.593. The first kappa shape index (κ1) is 14.2. The van der Waals surface area contributed by atoms with Crippen LogP contribution in [0, 0.1) is 11.8 Å². The monoisotopic (exact) mass is 348 g/mol. The van der Waals surface area contributed by atoms with Crippen LogP contribution >= 0.6 is 31.9 Å². The van der Waals surface area contributed by atoms with E-state index in [1.54, 1.807) is 0 Å². The molecule has 16 heavy (non-hydrogen) atoms. The van der Waals surface area contributed by atoms with Crippen molar-refractivity contribution in [3.05, 3.63) is 34.3 Å². The van der Waals surface area contributed by atoms with E-state index in [0.29, 0.717) is 18.4 Å². The van der Waals surface area contributed by atoms with Gasteiger partial charge in [-0.15, -0.1) is 0 Å². The third kappa shape index (κ3) is 4.98. The lowest BCUT2D eigenvalue weighted by Gasteiger charge is -2.18. The van der Waals surface area contributed by atoms with Gasteiger partial charge in [0.1, 0.15) is 0 Å². The molecule has 90 valence electrons. The van der Waals surface area contributed by atoms with Crippen molar-refractivity contribution in [1.29, 1.82) is 0 Å². The molecule has 0 saturated heterocycles. The molecule has 1 unspecified atom stereocenters. The standard InChI is InChI=1S/C13H18Br2O/c1-10(2)12(7-14)9-16-8-11-3-5-13(15)6-4-11/h3-6,10,12H,7-9H2,1-2H3. The first-order valence-electron chi connectivity index (χ1n) is 5.51. The number of ether oxygens (including phenoxy) is 1. The smallest absolute Gasteiger partial charge is 0.0717 e.